The number of amides is 2. The first-order valence-electron chi connectivity index (χ1n) is 11.3. The van der Waals surface area contributed by atoms with Crippen molar-refractivity contribution in [3.63, 3.8) is 0 Å². The quantitative estimate of drug-likeness (QED) is 0.366. The summed E-state index contributed by atoms with van der Waals surface area (Å²) >= 11 is 1.46. The minimum atomic E-state index is -0.730. The van der Waals surface area contributed by atoms with E-state index in [-0.39, 0.29) is 23.4 Å². The van der Waals surface area contributed by atoms with Gasteiger partial charge in [-0.15, -0.1) is 11.8 Å². The van der Waals surface area contributed by atoms with Crippen molar-refractivity contribution in [2.24, 2.45) is 5.92 Å². The van der Waals surface area contributed by atoms with E-state index < -0.39 is 18.0 Å². The number of furan rings is 2. The molecule has 0 aliphatic rings. The van der Waals surface area contributed by atoms with Crippen molar-refractivity contribution in [2.75, 3.05) is 5.75 Å². The molecule has 2 N–H and O–H groups in total. The molecule has 180 valence electrons. The number of thioether (sulfide) groups is 1. The summed E-state index contributed by atoms with van der Waals surface area (Å²) in [5.41, 5.74) is 0. The largest absolute Gasteiger partial charge is 0.468 e. The fraction of sp³-hybridized carbons (Fsp3) is 0.480. The van der Waals surface area contributed by atoms with Gasteiger partial charge in [-0.1, -0.05) is 33.6 Å². The Kier molecular flexibility index (Phi) is 11.6. The minimum absolute atomic E-state index is 0.0271. The number of Topliss-reactive ketones (excluding diaryl/α,β-unsaturated/α-hetero) is 1. The summed E-state index contributed by atoms with van der Waals surface area (Å²) in [4.78, 5) is 38.3. The second-order valence-corrected chi connectivity index (χ2v) is 9.27. The summed E-state index contributed by atoms with van der Waals surface area (Å²) in [6.45, 7) is 6.01. The molecule has 0 fully saturated rings. The van der Waals surface area contributed by atoms with E-state index in [9.17, 15) is 14.4 Å². The molecule has 2 rings (SSSR count). The Morgan fingerprint density at radius 1 is 1.06 bits per heavy atom. The van der Waals surface area contributed by atoms with Crippen molar-refractivity contribution in [3.05, 3.63) is 54.4 Å². The number of hydrogen-bond acceptors (Lipinski definition) is 6. The molecular formula is C25H34N2O5S. The maximum Gasteiger partial charge on any atom is 0.244 e. The van der Waals surface area contributed by atoms with Crippen LogP contribution in [0.1, 0.15) is 58.0 Å². The van der Waals surface area contributed by atoms with Gasteiger partial charge in [-0.05, 0) is 49.1 Å². The molecule has 0 aliphatic carbocycles. The molecule has 8 heteroatoms. The zero-order valence-electron chi connectivity index (χ0n) is 19.5. The van der Waals surface area contributed by atoms with Crippen molar-refractivity contribution in [1.29, 1.82) is 0 Å². The Morgan fingerprint density at radius 2 is 1.82 bits per heavy atom. The lowest BCUT2D eigenvalue weighted by Gasteiger charge is -2.23. The Balaban J connectivity index is 1.96. The number of carbonyl (C=O) groups is 3. The predicted octanol–water partition coefficient (Wildman–Crippen LogP) is 4.59. The van der Waals surface area contributed by atoms with E-state index in [0.29, 0.717) is 24.4 Å². The Hall–Kier alpha value is -2.74. The first-order valence-corrected chi connectivity index (χ1v) is 12.5. The first-order chi connectivity index (χ1) is 15.9. The van der Waals surface area contributed by atoms with Crippen LogP contribution in [0.15, 0.2) is 51.7 Å². The lowest BCUT2D eigenvalue weighted by molar-refractivity contribution is -0.130. The molecular weight excluding hydrogens is 440 g/mol. The highest BCUT2D eigenvalue weighted by molar-refractivity contribution is 7.99. The van der Waals surface area contributed by atoms with Gasteiger partial charge in [0, 0.05) is 6.08 Å². The maximum atomic E-state index is 13.0. The number of unbranched alkanes of at least 4 members (excludes halogenated alkanes) is 1. The van der Waals surface area contributed by atoms with Crippen LogP contribution >= 0.6 is 11.8 Å². The molecule has 0 unspecified atom stereocenters. The number of ketones is 1. The van der Waals surface area contributed by atoms with E-state index in [1.165, 1.54) is 24.1 Å². The summed E-state index contributed by atoms with van der Waals surface area (Å²) in [5, 5.41) is 5.66. The molecule has 2 heterocycles. The summed E-state index contributed by atoms with van der Waals surface area (Å²) in [5.74, 6) is 1.66. The average molecular weight is 475 g/mol. The maximum absolute atomic E-state index is 13.0. The summed E-state index contributed by atoms with van der Waals surface area (Å²) in [7, 11) is 0. The Morgan fingerprint density at radius 3 is 2.45 bits per heavy atom. The monoisotopic (exact) mass is 474 g/mol. The highest BCUT2D eigenvalue weighted by Crippen LogP contribution is 2.15. The van der Waals surface area contributed by atoms with E-state index in [1.54, 1.807) is 24.5 Å². The molecule has 0 aliphatic heterocycles. The van der Waals surface area contributed by atoms with Gasteiger partial charge in [-0.25, -0.2) is 0 Å². The van der Waals surface area contributed by atoms with Crippen molar-refractivity contribution in [3.8, 4) is 0 Å². The molecule has 2 amide bonds. The molecule has 33 heavy (non-hydrogen) atoms. The van der Waals surface area contributed by atoms with E-state index in [0.717, 1.165) is 18.6 Å². The van der Waals surface area contributed by atoms with Crippen LogP contribution in [0.4, 0.5) is 0 Å². The van der Waals surface area contributed by atoms with Gasteiger partial charge in [0.15, 0.2) is 5.78 Å². The third kappa shape index (κ3) is 10.2. The summed E-state index contributed by atoms with van der Waals surface area (Å²) in [6.07, 6.45) is 8.79. The summed E-state index contributed by atoms with van der Waals surface area (Å²) < 4.78 is 10.5. The second-order valence-electron chi connectivity index (χ2n) is 8.28. The van der Waals surface area contributed by atoms with E-state index in [1.807, 2.05) is 32.9 Å². The lowest BCUT2D eigenvalue weighted by Crippen LogP contribution is -2.52. The highest BCUT2D eigenvalue weighted by Gasteiger charge is 2.26. The smallest absolute Gasteiger partial charge is 0.244 e. The second kappa shape index (κ2) is 14.4. The van der Waals surface area contributed by atoms with Gasteiger partial charge in [-0.2, -0.15) is 0 Å². The minimum Gasteiger partial charge on any atom is -0.468 e. The summed E-state index contributed by atoms with van der Waals surface area (Å²) in [6, 6.07) is 5.84. The fourth-order valence-electron chi connectivity index (χ4n) is 3.21. The van der Waals surface area contributed by atoms with Gasteiger partial charge >= 0.3 is 0 Å². The van der Waals surface area contributed by atoms with Crippen molar-refractivity contribution in [1.82, 2.24) is 10.6 Å². The molecule has 2 aromatic heterocycles. The number of carbonyl (C=O) groups excluding carboxylic acids is 3. The van der Waals surface area contributed by atoms with Crippen LogP contribution in [0.2, 0.25) is 0 Å². The molecule has 0 radical (unpaired) electrons. The molecule has 2 atom stereocenters. The molecule has 0 bridgehead atoms. The predicted molar refractivity (Wildman–Crippen MR) is 130 cm³/mol. The lowest BCUT2D eigenvalue weighted by atomic mass is 10.0. The van der Waals surface area contributed by atoms with Gasteiger partial charge in [0.25, 0.3) is 0 Å². The van der Waals surface area contributed by atoms with Crippen molar-refractivity contribution in [2.45, 2.75) is 64.3 Å². The molecule has 7 nitrogen and oxygen atoms in total. The van der Waals surface area contributed by atoms with Crippen molar-refractivity contribution >= 4 is 35.4 Å². The van der Waals surface area contributed by atoms with Gasteiger partial charge in [0.05, 0.1) is 30.1 Å². The van der Waals surface area contributed by atoms with Crippen molar-refractivity contribution < 1.29 is 23.2 Å². The topological polar surface area (TPSA) is 102 Å². The first kappa shape index (κ1) is 26.5. The molecule has 0 saturated carbocycles. The van der Waals surface area contributed by atoms with Gasteiger partial charge in [0.2, 0.25) is 11.8 Å². The fourth-order valence-corrected chi connectivity index (χ4v) is 4.08. The number of nitrogens with one attached hydrogen (secondary N) is 2. The van der Waals surface area contributed by atoms with Gasteiger partial charge < -0.3 is 19.5 Å². The zero-order chi connectivity index (χ0) is 24.1. The van der Waals surface area contributed by atoms with Gasteiger partial charge in [-0.3, -0.25) is 14.4 Å². The van der Waals surface area contributed by atoms with Crippen LogP contribution < -0.4 is 10.6 Å². The number of rotatable bonds is 15. The van der Waals surface area contributed by atoms with Crippen LogP contribution in [0.25, 0.3) is 6.08 Å². The SMILES string of the molecule is CCCC[C@H](NC(=O)[C@H](CC(C)C)NC(=O)C=Cc1ccco1)C(=O)CSCc1ccco1. The zero-order valence-corrected chi connectivity index (χ0v) is 20.4. The normalized spacial score (nSPS) is 13.2. The third-order valence-electron chi connectivity index (χ3n) is 4.90. The molecule has 2 aromatic rings. The van der Waals surface area contributed by atoms with Gasteiger partial charge in [0.1, 0.15) is 17.6 Å². The third-order valence-corrected chi connectivity index (χ3v) is 5.88. The van der Waals surface area contributed by atoms with Crippen LogP contribution in [0.3, 0.4) is 0 Å². The van der Waals surface area contributed by atoms with Crippen LogP contribution in [0.5, 0.6) is 0 Å². The molecule has 0 aromatic carbocycles. The highest BCUT2D eigenvalue weighted by atomic mass is 32.2. The molecule has 0 spiro atoms. The Bertz CT molecular complexity index is 875. The number of hydrogen-bond donors (Lipinski definition) is 2. The molecule has 0 saturated heterocycles. The van der Waals surface area contributed by atoms with Crippen LogP contribution in [-0.4, -0.2) is 35.4 Å². The van der Waals surface area contributed by atoms with Crippen LogP contribution in [0, 0.1) is 5.92 Å². The standard InChI is InChI=1S/C25H34N2O5S/c1-4-5-10-21(23(28)17-33-16-20-9-7-14-32-20)27-25(30)22(15-18(2)3)26-24(29)12-11-19-8-6-13-31-19/h6-9,11-14,18,21-22H,4-5,10,15-17H2,1-3H3,(H,26,29)(H,27,30)/t21-,22-/m0/s1. The van der Waals surface area contributed by atoms with E-state index in [2.05, 4.69) is 10.6 Å². The Labute approximate surface area is 199 Å². The van der Waals surface area contributed by atoms with E-state index in [4.69, 9.17) is 8.83 Å². The van der Waals surface area contributed by atoms with Crippen LogP contribution in [-0.2, 0) is 20.1 Å². The average Bonchev–Trinajstić information content (AvgIpc) is 3.48. The van der Waals surface area contributed by atoms with E-state index >= 15 is 0 Å².